The standard InChI is InChI=1S/C14H25N3O3/c1-5-14(6-2)11(18)15-13(20)17(12(14)19)10-9-16(7-3)8-4/h5-10H2,1-4H3,(H,15,18,20). The van der Waals surface area contributed by atoms with E-state index in [9.17, 15) is 14.4 Å². The van der Waals surface area contributed by atoms with Crippen molar-refractivity contribution in [2.45, 2.75) is 40.5 Å². The van der Waals surface area contributed by atoms with Crippen LogP contribution in [0, 0.1) is 5.41 Å². The summed E-state index contributed by atoms with van der Waals surface area (Å²) < 4.78 is 0. The van der Waals surface area contributed by atoms with E-state index in [-0.39, 0.29) is 5.91 Å². The molecule has 1 aliphatic heterocycles. The van der Waals surface area contributed by atoms with E-state index < -0.39 is 17.4 Å². The molecule has 0 unspecified atom stereocenters. The van der Waals surface area contributed by atoms with Gasteiger partial charge in [0.15, 0.2) is 0 Å². The van der Waals surface area contributed by atoms with Crippen LogP contribution >= 0.6 is 0 Å². The second kappa shape index (κ2) is 6.83. The molecular weight excluding hydrogens is 258 g/mol. The summed E-state index contributed by atoms with van der Waals surface area (Å²) in [7, 11) is 0. The summed E-state index contributed by atoms with van der Waals surface area (Å²) in [5, 5.41) is 2.32. The Morgan fingerprint density at radius 1 is 1.05 bits per heavy atom. The number of nitrogens with one attached hydrogen (secondary N) is 1. The van der Waals surface area contributed by atoms with Crippen LogP contribution in [0.25, 0.3) is 0 Å². The lowest BCUT2D eigenvalue weighted by molar-refractivity contribution is -0.152. The van der Waals surface area contributed by atoms with E-state index in [1.54, 1.807) is 13.8 Å². The van der Waals surface area contributed by atoms with E-state index in [4.69, 9.17) is 0 Å². The fourth-order valence-electron chi connectivity index (χ4n) is 2.59. The number of nitrogens with zero attached hydrogens (tertiary/aromatic N) is 2. The van der Waals surface area contributed by atoms with Crippen molar-refractivity contribution < 1.29 is 14.4 Å². The minimum atomic E-state index is -1.09. The Kier molecular flexibility index (Phi) is 5.68. The highest BCUT2D eigenvalue weighted by atomic mass is 16.2. The van der Waals surface area contributed by atoms with Crippen molar-refractivity contribution in [2.24, 2.45) is 5.41 Å². The zero-order chi connectivity index (χ0) is 15.3. The van der Waals surface area contributed by atoms with Gasteiger partial charge in [0.25, 0.3) is 0 Å². The molecule has 0 aromatic heterocycles. The molecule has 0 aromatic carbocycles. The lowest BCUT2D eigenvalue weighted by Gasteiger charge is -2.38. The number of carbonyl (C=O) groups excluding carboxylic acids is 3. The van der Waals surface area contributed by atoms with E-state index >= 15 is 0 Å². The molecule has 1 N–H and O–H groups in total. The summed E-state index contributed by atoms with van der Waals surface area (Å²) in [6.07, 6.45) is 0.812. The van der Waals surface area contributed by atoms with Crippen LogP contribution in [0.5, 0.6) is 0 Å². The quantitative estimate of drug-likeness (QED) is 0.713. The first kappa shape index (κ1) is 16.6. The topological polar surface area (TPSA) is 69.7 Å². The van der Waals surface area contributed by atoms with Crippen LogP contribution in [0.3, 0.4) is 0 Å². The second-order valence-electron chi connectivity index (χ2n) is 5.03. The second-order valence-corrected chi connectivity index (χ2v) is 5.03. The van der Waals surface area contributed by atoms with Crippen molar-refractivity contribution in [1.29, 1.82) is 0 Å². The van der Waals surface area contributed by atoms with Gasteiger partial charge in [-0.2, -0.15) is 0 Å². The largest absolute Gasteiger partial charge is 0.330 e. The monoisotopic (exact) mass is 283 g/mol. The maximum Gasteiger partial charge on any atom is 0.330 e. The minimum Gasteiger partial charge on any atom is -0.302 e. The van der Waals surface area contributed by atoms with Crippen LogP contribution in [-0.4, -0.2) is 53.8 Å². The average Bonchev–Trinajstić information content (AvgIpc) is 2.44. The highest BCUT2D eigenvalue weighted by Gasteiger charge is 2.51. The summed E-state index contributed by atoms with van der Waals surface area (Å²) in [6, 6.07) is -0.593. The van der Waals surface area contributed by atoms with Crippen LogP contribution < -0.4 is 5.32 Å². The van der Waals surface area contributed by atoms with Gasteiger partial charge in [0.1, 0.15) is 5.41 Å². The number of hydrogen-bond donors (Lipinski definition) is 1. The molecular formula is C14H25N3O3. The van der Waals surface area contributed by atoms with Crippen molar-refractivity contribution in [1.82, 2.24) is 15.1 Å². The molecule has 0 saturated carbocycles. The van der Waals surface area contributed by atoms with Gasteiger partial charge in [-0.25, -0.2) is 4.79 Å². The maximum atomic E-state index is 12.5. The molecule has 20 heavy (non-hydrogen) atoms. The first-order valence-electron chi connectivity index (χ1n) is 7.36. The first-order chi connectivity index (χ1) is 9.46. The third kappa shape index (κ3) is 2.85. The van der Waals surface area contributed by atoms with Gasteiger partial charge >= 0.3 is 6.03 Å². The van der Waals surface area contributed by atoms with Crippen LogP contribution in [0.15, 0.2) is 0 Å². The molecule has 4 amide bonds. The Bertz CT molecular complexity index is 387. The van der Waals surface area contributed by atoms with E-state index in [1.807, 2.05) is 13.8 Å². The predicted octanol–water partition coefficient (Wildman–Crippen LogP) is 1.21. The summed E-state index contributed by atoms with van der Waals surface area (Å²) in [4.78, 5) is 39.8. The number of hydrogen-bond acceptors (Lipinski definition) is 4. The number of barbiturate groups is 1. The van der Waals surface area contributed by atoms with Gasteiger partial charge in [-0.3, -0.25) is 19.8 Å². The third-order valence-electron chi connectivity index (χ3n) is 4.30. The van der Waals surface area contributed by atoms with E-state index in [0.29, 0.717) is 25.9 Å². The highest BCUT2D eigenvalue weighted by molar-refractivity contribution is 6.19. The van der Waals surface area contributed by atoms with E-state index in [2.05, 4.69) is 10.2 Å². The first-order valence-corrected chi connectivity index (χ1v) is 7.36. The Hall–Kier alpha value is -1.43. The molecule has 0 spiro atoms. The van der Waals surface area contributed by atoms with Crippen LogP contribution in [0.2, 0.25) is 0 Å². The lowest BCUT2D eigenvalue weighted by Crippen LogP contribution is -2.64. The molecule has 1 rings (SSSR count). The normalized spacial score (nSPS) is 18.6. The molecule has 6 nitrogen and oxygen atoms in total. The van der Waals surface area contributed by atoms with Gasteiger partial charge in [0, 0.05) is 13.1 Å². The van der Waals surface area contributed by atoms with Gasteiger partial charge in [0.05, 0.1) is 0 Å². The van der Waals surface area contributed by atoms with Crippen LogP contribution in [0.1, 0.15) is 40.5 Å². The molecule has 0 aromatic rings. The van der Waals surface area contributed by atoms with Crippen molar-refractivity contribution in [3.8, 4) is 0 Å². The number of rotatable bonds is 7. The highest BCUT2D eigenvalue weighted by Crippen LogP contribution is 2.32. The number of imide groups is 2. The summed E-state index contributed by atoms with van der Waals surface area (Å²) in [5.74, 6) is -0.819. The maximum absolute atomic E-state index is 12.5. The molecule has 0 atom stereocenters. The fraction of sp³-hybridized carbons (Fsp3) is 0.786. The Labute approximate surface area is 120 Å². The van der Waals surface area contributed by atoms with Crippen LogP contribution in [0.4, 0.5) is 4.79 Å². The number of amides is 4. The predicted molar refractivity (Wildman–Crippen MR) is 76.1 cm³/mol. The Balaban J connectivity index is 2.87. The molecule has 6 heteroatoms. The number of carbonyl (C=O) groups is 3. The van der Waals surface area contributed by atoms with Gasteiger partial charge in [0.2, 0.25) is 11.8 Å². The Morgan fingerprint density at radius 3 is 2.05 bits per heavy atom. The smallest absolute Gasteiger partial charge is 0.302 e. The van der Waals surface area contributed by atoms with Gasteiger partial charge in [-0.05, 0) is 25.9 Å². The zero-order valence-electron chi connectivity index (χ0n) is 12.9. The summed E-state index contributed by atoms with van der Waals surface area (Å²) in [5.41, 5.74) is -1.09. The van der Waals surface area contributed by atoms with Crippen molar-refractivity contribution in [3.05, 3.63) is 0 Å². The molecule has 0 radical (unpaired) electrons. The average molecular weight is 283 g/mol. The van der Waals surface area contributed by atoms with Crippen molar-refractivity contribution >= 4 is 17.8 Å². The number of likely N-dealkylation sites (N-methyl/N-ethyl adjacent to an activating group) is 1. The molecule has 0 aliphatic carbocycles. The minimum absolute atomic E-state index is 0.321. The zero-order valence-corrected chi connectivity index (χ0v) is 12.9. The van der Waals surface area contributed by atoms with E-state index in [0.717, 1.165) is 13.1 Å². The molecule has 114 valence electrons. The molecule has 1 heterocycles. The Morgan fingerprint density at radius 2 is 1.60 bits per heavy atom. The summed E-state index contributed by atoms with van der Waals surface area (Å²) in [6.45, 7) is 10.4. The lowest BCUT2D eigenvalue weighted by atomic mass is 9.78. The fourth-order valence-corrected chi connectivity index (χ4v) is 2.59. The van der Waals surface area contributed by atoms with Crippen molar-refractivity contribution in [2.75, 3.05) is 26.2 Å². The van der Waals surface area contributed by atoms with Crippen molar-refractivity contribution in [3.63, 3.8) is 0 Å². The molecule has 1 aliphatic rings. The molecule has 0 bridgehead atoms. The third-order valence-corrected chi connectivity index (χ3v) is 4.30. The summed E-state index contributed by atoms with van der Waals surface area (Å²) >= 11 is 0. The number of urea groups is 1. The van der Waals surface area contributed by atoms with Crippen LogP contribution in [-0.2, 0) is 9.59 Å². The molecule has 1 saturated heterocycles. The van der Waals surface area contributed by atoms with Gasteiger partial charge in [-0.1, -0.05) is 27.7 Å². The SMILES string of the molecule is CCN(CC)CCN1C(=O)NC(=O)C(CC)(CC)C1=O. The molecule has 1 fully saturated rings. The van der Waals surface area contributed by atoms with Gasteiger partial charge < -0.3 is 4.90 Å². The van der Waals surface area contributed by atoms with Gasteiger partial charge in [-0.15, -0.1) is 0 Å². The van der Waals surface area contributed by atoms with E-state index in [1.165, 1.54) is 4.90 Å².